The monoisotopic (exact) mass is 616 g/mol. The van der Waals surface area contributed by atoms with Gasteiger partial charge >= 0.3 is 6.09 Å². The fourth-order valence-corrected chi connectivity index (χ4v) is 5.20. The summed E-state index contributed by atoms with van der Waals surface area (Å²) in [6.45, 7) is 17.2. The molecule has 2 aromatic rings. The molecule has 2 N–H and O–H groups in total. The molecule has 9 nitrogen and oxygen atoms in total. The summed E-state index contributed by atoms with van der Waals surface area (Å²) in [6, 6.07) is 9.57. The molecule has 0 spiro atoms. The number of ether oxygens (including phenoxy) is 4. The highest BCUT2D eigenvalue weighted by molar-refractivity contribution is 5.74. The fourth-order valence-electron chi connectivity index (χ4n) is 5.20. The lowest BCUT2D eigenvalue weighted by molar-refractivity contribution is -0.233. The average molecular weight is 617 g/mol. The van der Waals surface area contributed by atoms with Gasteiger partial charge in [0.15, 0.2) is 6.29 Å². The first-order chi connectivity index (χ1) is 20.5. The van der Waals surface area contributed by atoms with E-state index in [1.807, 2.05) is 58.0 Å². The molecular formula is C34H49FN2O7. The quantitative estimate of drug-likeness (QED) is 0.352. The molecule has 1 heterocycles. The zero-order valence-electron chi connectivity index (χ0n) is 27.5. The van der Waals surface area contributed by atoms with Gasteiger partial charge in [-0.25, -0.2) is 9.18 Å². The predicted octanol–water partition coefficient (Wildman–Crippen LogP) is 5.71. The van der Waals surface area contributed by atoms with E-state index in [2.05, 4.69) is 5.32 Å². The molecule has 0 saturated carbocycles. The molecule has 10 heteroatoms. The smallest absolute Gasteiger partial charge is 0.411 e. The summed E-state index contributed by atoms with van der Waals surface area (Å²) in [5, 5.41) is 14.6. The number of carbonyl (C=O) groups is 2. The van der Waals surface area contributed by atoms with Gasteiger partial charge < -0.3 is 29.4 Å². The number of benzene rings is 2. The van der Waals surface area contributed by atoms with Crippen LogP contribution in [0, 0.1) is 11.2 Å². The van der Waals surface area contributed by atoms with Crippen molar-refractivity contribution in [3.8, 4) is 16.9 Å². The number of halogens is 1. The minimum absolute atomic E-state index is 0.0637. The van der Waals surface area contributed by atoms with Crippen LogP contribution in [-0.4, -0.2) is 77.9 Å². The Morgan fingerprint density at radius 2 is 1.82 bits per heavy atom. The number of aliphatic hydroxyl groups is 1. The van der Waals surface area contributed by atoms with Crippen molar-refractivity contribution in [3.05, 3.63) is 53.8 Å². The van der Waals surface area contributed by atoms with Crippen LogP contribution >= 0.6 is 0 Å². The Hall–Kier alpha value is -3.21. The second-order valence-corrected chi connectivity index (χ2v) is 13.5. The van der Waals surface area contributed by atoms with Crippen LogP contribution in [0.4, 0.5) is 9.18 Å². The van der Waals surface area contributed by atoms with E-state index in [4.69, 9.17) is 18.9 Å². The second kappa shape index (κ2) is 14.7. The molecule has 5 unspecified atom stereocenters. The highest BCUT2D eigenvalue weighted by Crippen LogP contribution is 2.32. The van der Waals surface area contributed by atoms with Gasteiger partial charge in [-0.1, -0.05) is 45.0 Å². The van der Waals surface area contributed by atoms with Gasteiger partial charge in [0.25, 0.3) is 0 Å². The Kier molecular flexibility index (Phi) is 11.8. The van der Waals surface area contributed by atoms with Crippen molar-refractivity contribution >= 4 is 12.0 Å². The van der Waals surface area contributed by atoms with Crippen LogP contribution in [0.25, 0.3) is 11.1 Å². The zero-order chi connectivity index (χ0) is 32.8. The molecule has 3 rings (SSSR count). The lowest BCUT2D eigenvalue weighted by Crippen LogP contribution is -2.66. The maximum atomic E-state index is 15.0. The van der Waals surface area contributed by atoms with Crippen LogP contribution in [0.3, 0.4) is 0 Å². The minimum Gasteiger partial charge on any atom is -0.493 e. The van der Waals surface area contributed by atoms with Crippen LogP contribution < -0.4 is 10.1 Å². The summed E-state index contributed by atoms with van der Waals surface area (Å²) >= 11 is 0. The first-order valence-corrected chi connectivity index (χ1v) is 15.2. The number of nitrogens with zero attached hydrogens (tertiary/aromatic N) is 1. The van der Waals surface area contributed by atoms with Gasteiger partial charge in [0.1, 0.15) is 17.2 Å². The van der Waals surface area contributed by atoms with Crippen molar-refractivity contribution in [1.82, 2.24) is 10.2 Å². The first kappa shape index (κ1) is 35.3. The van der Waals surface area contributed by atoms with Gasteiger partial charge in [0.2, 0.25) is 5.91 Å². The van der Waals surface area contributed by atoms with E-state index < -0.39 is 48.0 Å². The maximum absolute atomic E-state index is 15.0. The molecule has 2 aromatic carbocycles. The van der Waals surface area contributed by atoms with Crippen LogP contribution in [0.1, 0.15) is 67.9 Å². The van der Waals surface area contributed by atoms with E-state index in [0.29, 0.717) is 30.1 Å². The van der Waals surface area contributed by atoms with Gasteiger partial charge in [-0.2, -0.15) is 0 Å². The minimum atomic E-state index is -1.29. The number of aliphatic hydroxyl groups excluding tert-OH is 1. The molecule has 44 heavy (non-hydrogen) atoms. The van der Waals surface area contributed by atoms with Crippen LogP contribution in [0.15, 0.2) is 42.5 Å². The number of rotatable bonds is 10. The molecule has 5 atom stereocenters. The molecule has 2 amide bonds. The number of morpholine rings is 1. The lowest BCUT2D eigenvalue weighted by atomic mass is 9.92. The molecule has 0 bridgehead atoms. The van der Waals surface area contributed by atoms with Crippen LogP contribution in [0.5, 0.6) is 5.75 Å². The Bertz CT molecular complexity index is 1270. The summed E-state index contributed by atoms with van der Waals surface area (Å²) in [5.74, 6) is -0.231. The number of amides is 2. The first-order valence-electron chi connectivity index (χ1n) is 15.2. The highest BCUT2D eigenvalue weighted by atomic mass is 19.1. The molecule has 0 aliphatic carbocycles. The van der Waals surface area contributed by atoms with Gasteiger partial charge in [-0.3, -0.25) is 9.69 Å². The summed E-state index contributed by atoms with van der Waals surface area (Å²) in [7, 11) is 0. The fraction of sp³-hybridized carbons (Fsp3) is 0.588. The summed E-state index contributed by atoms with van der Waals surface area (Å²) in [6.07, 6.45) is -2.59. The summed E-state index contributed by atoms with van der Waals surface area (Å²) < 4.78 is 38.6. The Balaban J connectivity index is 1.95. The highest BCUT2D eigenvalue weighted by Gasteiger charge is 2.46. The molecule has 1 aliphatic rings. The third-order valence-electron chi connectivity index (χ3n) is 7.01. The maximum Gasteiger partial charge on any atom is 0.411 e. The van der Waals surface area contributed by atoms with Crippen molar-refractivity contribution in [3.63, 3.8) is 0 Å². The summed E-state index contributed by atoms with van der Waals surface area (Å²) in [5.41, 5.74) is 0.936. The Labute approximate surface area is 261 Å². The van der Waals surface area contributed by atoms with Gasteiger partial charge in [-0.05, 0) is 75.8 Å². The van der Waals surface area contributed by atoms with E-state index in [0.717, 1.165) is 5.56 Å². The third-order valence-corrected chi connectivity index (χ3v) is 7.01. The number of hydrogen-bond donors (Lipinski definition) is 2. The van der Waals surface area contributed by atoms with E-state index >= 15 is 0 Å². The standard InChI is InChI=1S/C34H49FN2O7/c1-10-41-29-14-12-11-13-26(29)24-15-23(16-25(35)18-24)17-27(36-22(3)38)30(39)28-19-42-31(43-20-33(4,5)6)21(2)37(28)32(40)44-34(7,8)9/h11-16,18,21,27-28,30-31,39H,10,17,19-20H2,1-9H3,(H,36,38). The number of para-hydroxylation sites is 1. The average Bonchev–Trinajstić information content (AvgIpc) is 2.90. The van der Waals surface area contributed by atoms with Gasteiger partial charge in [-0.15, -0.1) is 0 Å². The number of nitrogens with one attached hydrogen (secondary N) is 1. The van der Waals surface area contributed by atoms with Gasteiger partial charge in [0.05, 0.1) is 44.1 Å². The van der Waals surface area contributed by atoms with Crippen LogP contribution in [0.2, 0.25) is 0 Å². The van der Waals surface area contributed by atoms with Gasteiger partial charge in [0, 0.05) is 12.5 Å². The SMILES string of the molecule is CCOc1ccccc1-c1cc(F)cc(CC(NC(C)=O)C(O)C2COC(OCC(C)(C)C)C(C)N2C(=O)OC(C)(C)C)c1. The summed E-state index contributed by atoms with van der Waals surface area (Å²) in [4.78, 5) is 27.3. The zero-order valence-corrected chi connectivity index (χ0v) is 27.5. The number of carbonyl (C=O) groups excluding carboxylic acids is 2. The Morgan fingerprint density at radius 3 is 2.43 bits per heavy atom. The number of hydrogen-bond acceptors (Lipinski definition) is 7. The van der Waals surface area contributed by atoms with Crippen LogP contribution in [-0.2, 0) is 25.4 Å². The molecule has 244 valence electrons. The molecular weight excluding hydrogens is 567 g/mol. The van der Waals surface area contributed by atoms with Crippen molar-refractivity contribution < 1.29 is 38.0 Å². The molecule has 1 aliphatic heterocycles. The molecule has 0 aromatic heterocycles. The Morgan fingerprint density at radius 1 is 1.14 bits per heavy atom. The van der Waals surface area contributed by atoms with Crippen molar-refractivity contribution in [2.24, 2.45) is 5.41 Å². The lowest BCUT2D eigenvalue weighted by Gasteiger charge is -2.47. The molecule has 0 radical (unpaired) electrons. The van der Waals surface area contributed by atoms with E-state index in [1.165, 1.54) is 24.0 Å². The molecule has 1 saturated heterocycles. The van der Waals surface area contributed by atoms with Crippen molar-refractivity contribution in [2.45, 2.75) is 105 Å². The van der Waals surface area contributed by atoms with E-state index in [-0.39, 0.29) is 24.3 Å². The topological polar surface area (TPSA) is 107 Å². The molecule has 1 fully saturated rings. The normalized spacial score (nSPS) is 20.5. The predicted molar refractivity (Wildman–Crippen MR) is 167 cm³/mol. The van der Waals surface area contributed by atoms with Crippen molar-refractivity contribution in [1.29, 1.82) is 0 Å². The van der Waals surface area contributed by atoms with E-state index in [1.54, 1.807) is 27.7 Å². The second-order valence-electron chi connectivity index (χ2n) is 13.5. The van der Waals surface area contributed by atoms with Crippen molar-refractivity contribution in [2.75, 3.05) is 19.8 Å². The van der Waals surface area contributed by atoms with E-state index in [9.17, 15) is 19.1 Å². The largest absolute Gasteiger partial charge is 0.493 e. The third kappa shape index (κ3) is 9.90.